The number of benzene rings is 1. The minimum atomic E-state index is -0.820. The van der Waals surface area contributed by atoms with E-state index in [0.717, 1.165) is 0 Å². The van der Waals surface area contributed by atoms with Crippen LogP contribution >= 0.6 is 0 Å². The van der Waals surface area contributed by atoms with E-state index in [-0.39, 0.29) is 23.4 Å². The van der Waals surface area contributed by atoms with Crippen molar-refractivity contribution < 1.29 is 13.9 Å². The Morgan fingerprint density at radius 2 is 1.94 bits per heavy atom. The molecule has 0 saturated carbocycles. The van der Waals surface area contributed by atoms with Gasteiger partial charge in [-0.15, -0.1) is 0 Å². The van der Waals surface area contributed by atoms with Gasteiger partial charge in [0.2, 0.25) is 5.95 Å². The first-order chi connectivity index (χ1) is 8.13. The molecule has 0 bridgehead atoms. The molecular weight excluding hydrogens is 226 g/mol. The second-order valence-electron chi connectivity index (χ2n) is 3.49. The quantitative estimate of drug-likeness (QED) is 0.786. The molecule has 3 N–H and O–H groups in total. The number of pyridine rings is 1. The van der Waals surface area contributed by atoms with E-state index in [0.29, 0.717) is 0 Å². The third-order valence-corrected chi connectivity index (χ3v) is 2.40. The molecule has 1 aromatic heterocycles. The third kappa shape index (κ3) is 2.09. The van der Waals surface area contributed by atoms with Crippen LogP contribution in [0.5, 0.6) is 5.75 Å². The summed E-state index contributed by atoms with van der Waals surface area (Å²) in [5.74, 6) is -2.04. The van der Waals surface area contributed by atoms with Gasteiger partial charge in [0.15, 0.2) is 11.6 Å². The van der Waals surface area contributed by atoms with Gasteiger partial charge in [-0.1, -0.05) is 12.1 Å². The molecule has 1 heterocycles. The summed E-state index contributed by atoms with van der Waals surface area (Å²) in [6.45, 7) is 0.0294. The smallest absolute Gasteiger partial charge is 0.217 e. The largest absolute Gasteiger partial charge is 0.505 e. The summed E-state index contributed by atoms with van der Waals surface area (Å²) >= 11 is 0. The molecule has 0 fully saturated rings. The zero-order chi connectivity index (χ0) is 12.4. The van der Waals surface area contributed by atoms with Crippen molar-refractivity contribution in [3.63, 3.8) is 0 Å². The summed E-state index contributed by atoms with van der Waals surface area (Å²) in [7, 11) is 0. The van der Waals surface area contributed by atoms with E-state index in [1.165, 1.54) is 30.3 Å². The summed E-state index contributed by atoms with van der Waals surface area (Å²) in [4.78, 5) is 3.62. The van der Waals surface area contributed by atoms with E-state index in [1.807, 2.05) is 0 Å². The fourth-order valence-corrected chi connectivity index (χ4v) is 1.48. The first-order valence-electron chi connectivity index (χ1n) is 4.97. The van der Waals surface area contributed by atoms with Crippen LogP contribution in [0.25, 0.3) is 11.3 Å². The highest BCUT2D eigenvalue weighted by molar-refractivity contribution is 5.62. The number of rotatable bonds is 2. The van der Waals surface area contributed by atoms with Crippen LogP contribution in [0.3, 0.4) is 0 Å². The lowest BCUT2D eigenvalue weighted by Crippen LogP contribution is -2.02. The van der Waals surface area contributed by atoms with Crippen molar-refractivity contribution in [1.29, 1.82) is 0 Å². The second kappa shape index (κ2) is 4.47. The predicted molar refractivity (Wildman–Crippen MR) is 59.1 cm³/mol. The van der Waals surface area contributed by atoms with E-state index in [2.05, 4.69) is 4.98 Å². The number of hydrogen-bond acceptors (Lipinski definition) is 3. The van der Waals surface area contributed by atoms with Crippen LogP contribution in [0.2, 0.25) is 0 Å². The number of aromatic hydroxyl groups is 1. The Morgan fingerprint density at radius 3 is 2.59 bits per heavy atom. The molecule has 0 aliphatic carbocycles. The van der Waals surface area contributed by atoms with Gasteiger partial charge >= 0.3 is 0 Å². The molecule has 2 aromatic rings. The van der Waals surface area contributed by atoms with Crippen LogP contribution in [-0.4, -0.2) is 10.1 Å². The first kappa shape index (κ1) is 11.5. The van der Waals surface area contributed by atoms with Crippen LogP contribution in [0.15, 0.2) is 30.3 Å². The Balaban J connectivity index is 2.54. The maximum absolute atomic E-state index is 13.6. The average molecular weight is 236 g/mol. The number of hydrogen-bond donors (Lipinski definition) is 2. The summed E-state index contributed by atoms with van der Waals surface area (Å²) in [5, 5.41) is 9.21. The van der Waals surface area contributed by atoms with Gasteiger partial charge < -0.3 is 10.8 Å². The number of nitrogens with zero attached hydrogens (tertiary/aromatic N) is 1. The highest BCUT2D eigenvalue weighted by Gasteiger charge is 2.12. The van der Waals surface area contributed by atoms with E-state index < -0.39 is 17.5 Å². The van der Waals surface area contributed by atoms with Crippen molar-refractivity contribution in [3.05, 3.63) is 47.7 Å². The van der Waals surface area contributed by atoms with E-state index in [1.54, 1.807) is 0 Å². The second-order valence-corrected chi connectivity index (χ2v) is 3.49. The molecule has 0 atom stereocenters. The Hall–Kier alpha value is -2.01. The topological polar surface area (TPSA) is 59.1 Å². The molecule has 0 saturated heterocycles. The first-order valence-corrected chi connectivity index (χ1v) is 4.97. The third-order valence-electron chi connectivity index (χ3n) is 2.40. The lowest BCUT2D eigenvalue weighted by Gasteiger charge is -2.05. The van der Waals surface area contributed by atoms with Crippen molar-refractivity contribution in [3.8, 4) is 17.0 Å². The van der Waals surface area contributed by atoms with Gasteiger partial charge in [0.05, 0.1) is 5.69 Å². The summed E-state index contributed by atoms with van der Waals surface area (Å²) in [6.07, 6.45) is 0. The minimum Gasteiger partial charge on any atom is -0.505 e. The Morgan fingerprint density at radius 1 is 1.18 bits per heavy atom. The number of halogens is 2. The molecule has 17 heavy (non-hydrogen) atoms. The van der Waals surface area contributed by atoms with E-state index >= 15 is 0 Å². The minimum absolute atomic E-state index is 0.0294. The van der Waals surface area contributed by atoms with Crippen LogP contribution in [0.1, 0.15) is 5.56 Å². The van der Waals surface area contributed by atoms with Crippen molar-refractivity contribution in [2.24, 2.45) is 5.73 Å². The van der Waals surface area contributed by atoms with E-state index in [4.69, 9.17) is 5.73 Å². The molecular formula is C12H10F2N2O. The lowest BCUT2D eigenvalue weighted by atomic mass is 10.1. The molecule has 3 nitrogen and oxygen atoms in total. The van der Waals surface area contributed by atoms with Gasteiger partial charge in [-0.2, -0.15) is 4.39 Å². The molecule has 88 valence electrons. The lowest BCUT2D eigenvalue weighted by molar-refractivity contribution is 0.433. The fraction of sp³-hybridized carbons (Fsp3) is 0.0833. The fourth-order valence-electron chi connectivity index (χ4n) is 1.48. The number of aromatic nitrogens is 1. The van der Waals surface area contributed by atoms with Crippen molar-refractivity contribution in [2.45, 2.75) is 6.54 Å². The van der Waals surface area contributed by atoms with Gasteiger partial charge in [-0.25, -0.2) is 9.37 Å². The van der Waals surface area contributed by atoms with Gasteiger partial charge in [-0.05, 0) is 18.2 Å². The molecule has 2 rings (SSSR count). The number of phenolic OH excluding ortho intramolecular Hbond substituents is 1. The summed E-state index contributed by atoms with van der Waals surface area (Å²) < 4.78 is 27.0. The molecule has 5 heteroatoms. The molecule has 0 amide bonds. The number of phenols is 1. The molecule has 0 spiro atoms. The molecule has 0 unspecified atom stereocenters. The zero-order valence-corrected chi connectivity index (χ0v) is 8.82. The van der Waals surface area contributed by atoms with Crippen molar-refractivity contribution in [2.75, 3.05) is 0 Å². The van der Waals surface area contributed by atoms with Crippen molar-refractivity contribution >= 4 is 0 Å². The monoisotopic (exact) mass is 236 g/mol. The SMILES string of the molecule is NCc1ccc(-c2cccc(O)c2F)nc1F. The zero-order valence-electron chi connectivity index (χ0n) is 8.82. The predicted octanol–water partition coefficient (Wildman–Crippen LogP) is 2.19. The normalized spacial score (nSPS) is 10.5. The van der Waals surface area contributed by atoms with E-state index in [9.17, 15) is 13.9 Å². The van der Waals surface area contributed by atoms with Gasteiger partial charge in [0, 0.05) is 17.7 Å². The van der Waals surface area contributed by atoms with Gasteiger partial charge in [0.25, 0.3) is 0 Å². The average Bonchev–Trinajstić information content (AvgIpc) is 2.32. The van der Waals surface area contributed by atoms with Crippen molar-refractivity contribution in [1.82, 2.24) is 4.98 Å². The van der Waals surface area contributed by atoms with Gasteiger partial charge in [-0.3, -0.25) is 0 Å². The standard InChI is InChI=1S/C12H10F2N2O/c13-11-8(2-1-3-10(11)17)9-5-4-7(6-15)12(14)16-9/h1-5,17H,6,15H2. The Kier molecular flexibility index (Phi) is 3.01. The highest BCUT2D eigenvalue weighted by atomic mass is 19.1. The Bertz CT molecular complexity index is 558. The summed E-state index contributed by atoms with van der Waals surface area (Å²) in [5.41, 5.74) is 5.73. The Labute approximate surface area is 96.5 Å². The van der Waals surface area contributed by atoms with Gasteiger partial charge in [0.1, 0.15) is 0 Å². The number of nitrogens with two attached hydrogens (primary N) is 1. The summed E-state index contributed by atoms with van der Waals surface area (Å²) in [6, 6.07) is 7.00. The molecule has 0 aliphatic heterocycles. The van der Waals surface area contributed by atoms with Crippen LogP contribution in [-0.2, 0) is 6.54 Å². The maximum Gasteiger partial charge on any atom is 0.217 e. The molecule has 1 aromatic carbocycles. The molecule has 0 aliphatic rings. The van der Waals surface area contributed by atoms with Crippen LogP contribution in [0.4, 0.5) is 8.78 Å². The molecule has 0 radical (unpaired) electrons. The maximum atomic E-state index is 13.6. The van der Waals surface area contributed by atoms with Crippen LogP contribution in [0, 0.1) is 11.8 Å². The van der Waals surface area contributed by atoms with Crippen LogP contribution < -0.4 is 5.73 Å². The highest BCUT2D eigenvalue weighted by Crippen LogP contribution is 2.27.